The van der Waals surface area contributed by atoms with E-state index in [1.54, 1.807) is 0 Å². The molecular weight excluding hydrogens is 340 g/mol. The van der Waals surface area contributed by atoms with Crippen LogP contribution in [0.1, 0.15) is 44.2 Å². The molecule has 1 aromatic carbocycles. The molecule has 3 rings (SSSR count). The average molecular weight is 375 g/mol. The highest BCUT2D eigenvalue weighted by atomic mass is 16.5. The Morgan fingerprint density at radius 3 is 2.48 bits per heavy atom. The van der Waals surface area contributed by atoms with Gasteiger partial charge in [0, 0.05) is 26.2 Å². The third-order valence-corrected chi connectivity index (χ3v) is 5.63. The van der Waals surface area contributed by atoms with E-state index in [0.717, 1.165) is 58.4 Å². The molecule has 1 N–H and O–H groups in total. The Hall–Kier alpha value is -1.43. The number of hydrogen-bond acceptors (Lipinski definition) is 4. The largest absolute Gasteiger partial charge is 0.390 e. The van der Waals surface area contributed by atoms with Crippen molar-refractivity contribution in [3.8, 4) is 0 Å². The van der Waals surface area contributed by atoms with E-state index in [4.69, 9.17) is 4.74 Å². The van der Waals surface area contributed by atoms with Gasteiger partial charge in [-0.1, -0.05) is 24.3 Å². The lowest BCUT2D eigenvalue weighted by Gasteiger charge is -2.36. The highest BCUT2D eigenvalue weighted by Crippen LogP contribution is 2.22. The normalized spacial score (nSPS) is 22.0. The van der Waals surface area contributed by atoms with E-state index < -0.39 is 5.60 Å². The molecule has 5 nitrogen and oxygen atoms in total. The summed E-state index contributed by atoms with van der Waals surface area (Å²) in [6.07, 6.45) is 3.75. The molecule has 0 aliphatic carbocycles. The van der Waals surface area contributed by atoms with Gasteiger partial charge in [0.25, 0.3) is 0 Å². The zero-order chi connectivity index (χ0) is 19.3. The minimum atomic E-state index is -0.617. The monoisotopic (exact) mass is 374 g/mol. The number of aryl methyl sites for hydroxylation is 1. The Kier molecular flexibility index (Phi) is 6.90. The van der Waals surface area contributed by atoms with Crippen LogP contribution >= 0.6 is 0 Å². The molecule has 1 unspecified atom stereocenters. The minimum absolute atomic E-state index is 0.128. The van der Waals surface area contributed by atoms with Gasteiger partial charge in [0.1, 0.15) is 0 Å². The summed E-state index contributed by atoms with van der Waals surface area (Å²) < 4.78 is 5.36. The first-order chi connectivity index (χ1) is 12.9. The zero-order valence-corrected chi connectivity index (χ0v) is 16.8. The Labute approximate surface area is 163 Å². The average Bonchev–Trinajstić information content (AvgIpc) is 2.67. The van der Waals surface area contributed by atoms with E-state index in [9.17, 15) is 9.90 Å². The summed E-state index contributed by atoms with van der Waals surface area (Å²) in [6, 6.07) is 8.71. The number of likely N-dealkylation sites (tertiary alicyclic amines) is 1. The molecule has 2 fully saturated rings. The van der Waals surface area contributed by atoms with Crippen molar-refractivity contribution in [3.05, 3.63) is 35.4 Å². The van der Waals surface area contributed by atoms with Crippen molar-refractivity contribution >= 4 is 5.91 Å². The highest BCUT2D eigenvalue weighted by Gasteiger charge is 2.30. The molecule has 2 saturated heterocycles. The van der Waals surface area contributed by atoms with Gasteiger partial charge in [0.05, 0.1) is 24.7 Å². The standard InChI is InChI=1S/C22H34N2O3/c1-22(2,26)10-9-18-5-7-19(8-6-18)16-23-11-3-4-20(17-23)21(25)24-12-14-27-15-13-24/h5-8,20,26H,3-4,9-17H2,1-2H3. The van der Waals surface area contributed by atoms with Crippen molar-refractivity contribution in [2.75, 3.05) is 39.4 Å². The Balaban J connectivity index is 1.50. The van der Waals surface area contributed by atoms with Gasteiger partial charge in [-0.25, -0.2) is 0 Å². The maximum Gasteiger partial charge on any atom is 0.227 e. The van der Waals surface area contributed by atoms with Gasteiger partial charge in [-0.3, -0.25) is 9.69 Å². The Morgan fingerprint density at radius 2 is 1.81 bits per heavy atom. The van der Waals surface area contributed by atoms with Crippen LogP contribution in [0.15, 0.2) is 24.3 Å². The quantitative estimate of drug-likeness (QED) is 0.831. The second kappa shape index (κ2) is 9.18. The second-order valence-corrected chi connectivity index (χ2v) is 8.64. The number of carbonyl (C=O) groups is 1. The summed E-state index contributed by atoms with van der Waals surface area (Å²) in [7, 11) is 0. The maximum atomic E-state index is 12.8. The summed E-state index contributed by atoms with van der Waals surface area (Å²) in [5, 5.41) is 9.87. The molecule has 2 aliphatic heterocycles. The van der Waals surface area contributed by atoms with Gasteiger partial charge in [-0.2, -0.15) is 0 Å². The molecule has 5 heteroatoms. The summed E-state index contributed by atoms with van der Waals surface area (Å²) >= 11 is 0. The topological polar surface area (TPSA) is 53.0 Å². The van der Waals surface area contributed by atoms with Crippen LogP contribution in [0.5, 0.6) is 0 Å². The Morgan fingerprint density at radius 1 is 1.15 bits per heavy atom. The lowest BCUT2D eigenvalue weighted by molar-refractivity contribution is -0.141. The van der Waals surface area contributed by atoms with Gasteiger partial charge in [0.2, 0.25) is 5.91 Å². The predicted octanol–water partition coefficient (Wildman–Crippen LogP) is 2.46. The van der Waals surface area contributed by atoms with Crippen molar-refractivity contribution in [2.45, 2.75) is 51.7 Å². The zero-order valence-electron chi connectivity index (χ0n) is 16.8. The fourth-order valence-electron chi connectivity index (χ4n) is 3.96. The Bertz CT molecular complexity index is 603. The minimum Gasteiger partial charge on any atom is -0.390 e. The SMILES string of the molecule is CC(C)(O)CCc1ccc(CN2CCCC(C(=O)N3CCOCC3)C2)cc1. The van der Waals surface area contributed by atoms with Crippen molar-refractivity contribution < 1.29 is 14.6 Å². The second-order valence-electron chi connectivity index (χ2n) is 8.64. The van der Waals surface area contributed by atoms with Crippen LogP contribution in [0, 0.1) is 5.92 Å². The first-order valence-electron chi connectivity index (χ1n) is 10.3. The number of rotatable bonds is 6. The molecule has 27 heavy (non-hydrogen) atoms. The summed E-state index contributed by atoms with van der Waals surface area (Å²) in [4.78, 5) is 17.2. The van der Waals surface area contributed by atoms with Crippen molar-refractivity contribution in [3.63, 3.8) is 0 Å². The lowest BCUT2D eigenvalue weighted by atomic mass is 9.95. The molecule has 2 heterocycles. The van der Waals surface area contributed by atoms with Crippen LogP contribution in [-0.4, -0.2) is 65.8 Å². The number of morpholine rings is 1. The predicted molar refractivity (Wildman–Crippen MR) is 106 cm³/mol. The molecule has 2 aliphatic rings. The van der Waals surface area contributed by atoms with Crippen molar-refractivity contribution in [2.24, 2.45) is 5.92 Å². The van der Waals surface area contributed by atoms with E-state index in [2.05, 4.69) is 29.2 Å². The van der Waals surface area contributed by atoms with Crippen LogP contribution in [0.3, 0.4) is 0 Å². The molecule has 0 bridgehead atoms. The van der Waals surface area contributed by atoms with Crippen LogP contribution in [0.25, 0.3) is 0 Å². The van der Waals surface area contributed by atoms with Crippen LogP contribution in [0.2, 0.25) is 0 Å². The summed E-state index contributed by atoms with van der Waals surface area (Å²) in [5.74, 6) is 0.438. The molecule has 0 radical (unpaired) electrons. The fourth-order valence-corrected chi connectivity index (χ4v) is 3.96. The number of amides is 1. The number of aliphatic hydroxyl groups is 1. The van der Waals surface area contributed by atoms with Crippen LogP contribution in [-0.2, 0) is 22.5 Å². The van der Waals surface area contributed by atoms with E-state index >= 15 is 0 Å². The lowest BCUT2D eigenvalue weighted by Crippen LogP contribution is -2.48. The number of carbonyl (C=O) groups excluding carboxylic acids is 1. The summed E-state index contributed by atoms with van der Waals surface area (Å²) in [6.45, 7) is 9.34. The van der Waals surface area contributed by atoms with Crippen LogP contribution in [0.4, 0.5) is 0 Å². The van der Waals surface area contributed by atoms with Gasteiger partial charge in [-0.15, -0.1) is 0 Å². The van der Waals surface area contributed by atoms with Crippen LogP contribution < -0.4 is 0 Å². The van der Waals surface area contributed by atoms with Gasteiger partial charge in [-0.05, 0) is 57.2 Å². The first kappa shape index (κ1) is 20.3. The molecule has 1 aromatic rings. The van der Waals surface area contributed by atoms with E-state index in [-0.39, 0.29) is 5.92 Å². The van der Waals surface area contributed by atoms with E-state index in [1.807, 2.05) is 18.7 Å². The molecule has 1 amide bonds. The molecular formula is C22H34N2O3. The first-order valence-corrected chi connectivity index (χ1v) is 10.3. The highest BCUT2D eigenvalue weighted by molar-refractivity contribution is 5.79. The van der Waals surface area contributed by atoms with E-state index in [1.165, 1.54) is 11.1 Å². The molecule has 150 valence electrons. The van der Waals surface area contributed by atoms with Crippen molar-refractivity contribution in [1.82, 2.24) is 9.80 Å². The van der Waals surface area contributed by atoms with Crippen molar-refractivity contribution in [1.29, 1.82) is 0 Å². The smallest absolute Gasteiger partial charge is 0.227 e. The number of ether oxygens (including phenoxy) is 1. The third-order valence-electron chi connectivity index (χ3n) is 5.63. The molecule has 1 atom stereocenters. The third kappa shape index (κ3) is 6.30. The number of nitrogens with zero attached hydrogens (tertiary/aromatic N) is 2. The van der Waals surface area contributed by atoms with Gasteiger partial charge >= 0.3 is 0 Å². The van der Waals surface area contributed by atoms with E-state index in [0.29, 0.717) is 19.1 Å². The summed E-state index contributed by atoms with van der Waals surface area (Å²) in [5.41, 5.74) is 1.94. The molecule has 0 aromatic heterocycles. The number of piperidine rings is 1. The maximum absolute atomic E-state index is 12.8. The molecule has 0 saturated carbocycles. The number of benzene rings is 1. The number of hydrogen-bond donors (Lipinski definition) is 1. The molecule has 0 spiro atoms. The van der Waals surface area contributed by atoms with Gasteiger partial charge in [0.15, 0.2) is 0 Å². The van der Waals surface area contributed by atoms with Gasteiger partial charge < -0.3 is 14.7 Å². The fraction of sp³-hybridized carbons (Fsp3) is 0.682.